The molecule has 0 aromatic heterocycles. The first-order valence-electron chi connectivity index (χ1n) is 4.15. The van der Waals surface area contributed by atoms with E-state index in [9.17, 15) is 0 Å². The molecule has 0 amide bonds. The number of hydrogen-bond acceptors (Lipinski definition) is 1. The summed E-state index contributed by atoms with van der Waals surface area (Å²) in [5.74, 6) is 1.84. The van der Waals surface area contributed by atoms with Crippen LogP contribution in [0.25, 0.3) is 0 Å². The van der Waals surface area contributed by atoms with Crippen molar-refractivity contribution in [3.8, 4) is 6.07 Å². The Balaban J connectivity index is 2.12. The molecule has 2 atom stereocenters. The lowest BCUT2D eigenvalue weighted by molar-refractivity contribution is 0.219. The van der Waals surface area contributed by atoms with Crippen LogP contribution in [0, 0.1) is 28.6 Å². The average Bonchev–Trinajstić information content (AvgIpc) is 2.13. The molecular weight excluding hydrogens is 122 g/mol. The minimum absolute atomic E-state index is 0.0475. The van der Waals surface area contributed by atoms with Crippen LogP contribution in [-0.4, -0.2) is 0 Å². The van der Waals surface area contributed by atoms with Gasteiger partial charge in [0.15, 0.2) is 0 Å². The predicted molar refractivity (Wildman–Crippen MR) is 39.2 cm³/mol. The summed E-state index contributed by atoms with van der Waals surface area (Å²) in [6.07, 6.45) is 5.13. The fourth-order valence-corrected chi connectivity index (χ4v) is 2.51. The first-order chi connectivity index (χ1) is 4.73. The first kappa shape index (κ1) is 6.22. The third-order valence-corrected chi connectivity index (χ3v) is 3.27. The summed E-state index contributed by atoms with van der Waals surface area (Å²) < 4.78 is 0. The molecule has 0 bridgehead atoms. The first-order valence-corrected chi connectivity index (χ1v) is 4.15. The number of rotatable bonds is 0. The van der Waals surface area contributed by atoms with Gasteiger partial charge in [-0.25, -0.2) is 0 Å². The quantitative estimate of drug-likeness (QED) is 0.500. The Bertz CT molecular complexity index is 177. The normalized spacial score (nSPS) is 51.2. The van der Waals surface area contributed by atoms with Gasteiger partial charge in [-0.3, -0.25) is 0 Å². The molecule has 1 heteroatoms. The largest absolute Gasteiger partial charge is 0.198 e. The molecule has 54 valence electrons. The Morgan fingerprint density at radius 2 is 1.80 bits per heavy atom. The summed E-state index contributed by atoms with van der Waals surface area (Å²) in [6.45, 7) is 2.12. The van der Waals surface area contributed by atoms with Crippen molar-refractivity contribution in [2.24, 2.45) is 17.3 Å². The molecule has 0 saturated heterocycles. The van der Waals surface area contributed by atoms with E-state index in [-0.39, 0.29) is 5.41 Å². The monoisotopic (exact) mass is 135 g/mol. The van der Waals surface area contributed by atoms with E-state index >= 15 is 0 Å². The van der Waals surface area contributed by atoms with E-state index in [0.717, 1.165) is 11.8 Å². The van der Waals surface area contributed by atoms with Crippen molar-refractivity contribution < 1.29 is 0 Å². The molecular formula is C9H13N. The summed E-state index contributed by atoms with van der Waals surface area (Å²) in [5.41, 5.74) is 0.0475. The van der Waals surface area contributed by atoms with E-state index in [4.69, 9.17) is 5.26 Å². The van der Waals surface area contributed by atoms with Crippen LogP contribution < -0.4 is 0 Å². The van der Waals surface area contributed by atoms with Gasteiger partial charge in [0, 0.05) is 0 Å². The van der Waals surface area contributed by atoms with Crippen LogP contribution in [0.4, 0.5) is 0 Å². The van der Waals surface area contributed by atoms with E-state index in [1.807, 2.05) is 0 Å². The van der Waals surface area contributed by atoms with E-state index < -0.39 is 0 Å². The molecule has 0 aromatic carbocycles. The fraction of sp³-hybridized carbons (Fsp3) is 0.889. The van der Waals surface area contributed by atoms with Crippen molar-refractivity contribution >= 4 is 0 Å². The second kappa shape index (κ2) is 1.75. The maximum absolute atomic E-state index is 8.84. The molecule has 0 N–H and O–H groups in total. The van der Waals surface area contributed by atoms with Crippen LogP contribution in [0.3, 0.4) is 0 Å². The van der Waals surface area contributed by atoms with Gasteiger partial charge in [0.05, 0.1) is 11.5 Å². The van der Waals surface area contributed by atoms with Crippen molar-refractivity contribution in [2.45, 2.75) is 32.6 Å². The van der Waals surface area contributed by atoms with Crippen LogP contribution in [0.1, 0.15) is 32.6 Å². The molecule has 0 spiro atoms. The molecule has 10 heavy (non-hydrogen) atoms. The van der Waals surface area contributed by atoms with Crippen molar-refractivity contribution in [1.29, 1.82) is 5.26 Å². The van der Waals surface area contributed by atoms with Crippen LogP contribution in [0.2, 0.25) is 0 Å². The van der Waals surface area contributed by atoms with Crippen LogP contribution in [0.15, 0.2) is 0 Å². The molecule has 0 aromatic rings. The molecule has 1 nitrogen and oxygen atoms in total. The second-order valence-electron chi connectivity index (χ2n) is 4.18. The average molecular weight is 135 g/mol. The van der Waals surface area contributed by atoms with Crippen LogP contribution in [-0.2, 0) is 0 Å². The van der Waals surface area contributed by atoms with E-state index in [1.165, 1.54) is 25.7 Å². The minimum Gasteiger partial charge on any atom is -0.198 e. The Labute approximate surface area is 62.0 Å². The Morgan fingerprint density at radius 3 is 2.10 bits per heavy atom. The summed E-state index contributed by atoms with van der Waals surface area (Å²) in [7, 11) is 0. The van der Waals surface area contributed by atoms with Gasteiger partial charge in [-0.2, -0.15) is 5.26 Å². The summed E-state index contributed by atoms with van der Waals surface area (Å²) in [4.78, 5) is 0. The lowest BCUT2D eigenvalue weighted by atomic mass is 9.77. The van der Waals surface area contributed by atoms with E-state index in [0.29, 0.717) is 0 Å². The summed E-state index contributed by atoms with van der Waals surface area (Å²) in [6, 6.07) is 2.44. The van der Waals surface area contributed by atoms with Gasteiger partial charge >= 0.3 is 0 Å². The van der Waals surface area contributed by atoms with Gasteiger partial charge in [0.1, 0.15) is 0 Å². The van der Waals surface area contributed by atoms with E-state index in [1.54, 1.807) is 0 Å². The number of fused-ring (bicyclic) bond motifs is 1. The molecule has 2 saturated carbocycles. The van der Waals surface area contributed by atoms with Crippen LogP contribution >= 0.6 is 0 Å². The maximum Gasteiger partial charge on any atom is 0.0687 e. The molecule has 0 aliphatic heterocycles. The Kier molecular flexibility index (Phi) is 1.09. The Morgan fingerprint density at radius 1 is 1.30 bits per heavy atom. The number of nitrogens with zero attached hydrogens (tertiary/aromatic N) is 1. The molecule has 0 radical (unpaired) electrons. The zero-order chi connectivity index (χ0) is 7.19. The van der Waals surface area contributed by atoms with Crippen molar-refractivity contribution in [2.75, 3.05) is 0 Å². The molecule has 2 fully saturated rings. The molecule has 2 aliphatic carbocycles. The molecule has 0 heterocycles. The highest BCUT2D eigenvalue weighted by Gasteiger charge is 2.46. The van der Waals surface area contributed by atoms with Crippen molar-refractivity contribution in [3.63, 3.8) is 0 Å². The minimum atomic E-state index is 0.0475. The number of nitriles is 1. The van der Waals surface area contributed by atoms with E-state index in [2.05, 4.69) is 13.0 Å². The lowest BCUT2D eigenvalue weighted by Gasteiger charge is -2.29. The highest BCUT2D eigenvalue weighted by atomic mass is 14.5. The zero-order valence-corrected chi connectivity index (χ0v) is 6.43. The van der Waals surface area contributed by atoms with Crippen molar-refractivity contribution in [3.05, 3.63) is 0 Å². The number of hydrogen-bond donors (Lipinski definition) is 0. The molecule has 2 rings (SSSR count). The van der Waals surface area contributed by atoms with Crippen molar-refractivity contribution in [1.82, 2.24) is 0 Å². The topological polar surface area (TPSA) is 23.8 Å². The molecule has 2 aliphatic rings. The van der Waals surface area contributed by atoms with Gasteiger partial charge in [-0.05, 0) is 44.4 Å². The standard InChI is InChI=1S/C9H13N/c1-9(6-10)4-7-2-3-8(7)5-9/h7-8H,2-5H2,1H3. The fourth-order valence-electron chi connectivity index (χ4n) is 2.51. The maximum atomic E-state index is 8.84. The van der Waals surface area contributed by atoms with Gasteiger partial charge in [-0.1, -0.05) is 0 Å². The summed E-state index contributed by atoms with van der Waals surface area (Å²) in [5, 5.41) is 8.84. The van der Waals surface area contributed by atoms with Gasteiger partial charge in [-0.15, -0.1) is 0 Å². The highest BCUT2D eigenvalue weighted by Crippen LogP contribution is 2.54. The smallest absolute Gasteiger partial charge is 0.0687 e. The van der Waals surface area contributed by atoms with Crippen LogP contribution in [0.5, 0.6) is 0 Å². The SMILES string of the molecule is CC1(C#N)CC2CCC2C1. The van der Waals surface area contributed by atoms with Gasteiger partial charge in [0.2, 0.25) is 0 Å². The Hall–Kier alpha value is -0.510. The zero-order valence-electron chi connectivity index (χ0n) is 6.43. The highest BCUT2D eigenvalue weighted by molar-refractivity contribution is 5.06. The van der Waals surface area contributed by atoms with Gasteiger partial charge in [0.25, 0.3) is 0 Å². The lowest BCUT2D eigenvalue weighted by Crippen LogP contribution is -2.18. The van der Waals surface area contributed by atoms with Gasteiger partial charge < -0.3 is 0 Å². The summed E-state index contributed by atoms with van der Waals surface area (Å²) >= 11 is 0. The molecule has 2 unspecified atom stereocenters. The third kappa shape index (κ3) is 0.683. The predicted octanol–water partition coefficient (Wildman–Crippen LogP) is 2.34. The second-order valence-corrected chi connectivity index (χ2v) is 4.18. The third-order valence-electron chi connectivity index (χ3n) is 3.27.